The van der Waals surface area contributed by atoms with Gasteiger partial charge in [-0.15, -0.1) is 0 Å². The van der Waals surface area contributed by atoms with Gasteiger partial charge in [-0.2, -0.15) is 0 Å². The van der Waals surface area contributed by atoms with E-state index in [1.165, 1.54) is 0 Å². The molecule has 0 aliphatic heterocycles. The number of aliphatic hydroxyl groups excluding tert-OH is 1. The molecule has 0 aromatic carbocycles. The molecule has 3 N–H and O–H groups in total. The average Bonchev–Trinajstić information content (AvgIpc) is 2.21. The molecule has 0 aliphatic carbocycles. The quantitative estimate of drug-likeness (QED) is 0.371. The Labute approximate surface area is 85.8 Å². The number of aliphatic hydroxyl groups is 1. The molecule has 0 unspecified atom stereocenters. The molecular weight excluding hydrogens is 184 g/mol. The van der Waals surface area contributed by atoms with Crippen LogP contribution in [0.25, 0.3) is 0 Å². The van der Waals surface area contributed by atoms with Gasteiger partial charge in [0.2, 0.25) is 0 Å². The SMILES string of the molecule is CNCCNCCOCCOCCO. The molecule has 0 amide bonds. The highest BCUT2D eigenvalue weighted by molar-refractivity contribution is 4.47. The maximum atomic E-state index is 8.41. The molecule has 0 aromatic heterocycles. The second kappa shape index (κ2) is 12.8. The molecule has 5 heteroatoms. The van der Waals surface area contributed by atoms with Crippen molar-refractivity contribution in [1.82, 2.24) is 10.6 Å². The molecule has 0 rings (SSSR count). The van der Waals surface area contributed by atoms with E-state index in [1.807, 2.05) is 7.05 Å². The molecule has 0 heterocycles. The van der Waals surface area contributed by atoms with Crippen LogP contribution in [0, 0.1) is 0 Å². The number of hydrogen-bond donors (Lipinski definition) is 3. The Hall–Kier alpha value is -0.200. The molecule has 0 radical (unpaired) electrons. The van der Waals surface area contributed by atoms with Gasteiger partial charge in [0.1, 0.15) is 0 Å². The predicted molar refractivity (Wildman–Crippen MR) is 55.5 cm³/mol. The first-order valence-electron chi connectivity index (χ1n) is 5.03. The van der Waals surface area contributed by atoms with E-state index in [4.69, 9.17) is 14.6 Å². The van der Waals surface area contributed by atoms with Crippen molar-refractivity contribution in [2.75, 3.05) is 59.7 Å². The fourth-order valence-corrected chi connectivity index (χ4v) is 0.869. The highest BCUT2D eigenvalue weighted by atomic mass is 16.5. The lowest BCUT2D eigenvalue weighted by molar-refractivity contribution is 0.0341. The number of ether oxygens (including phenoxy) is 2. The van der Waals surface area contributed by atoms with Gasteiger partial charge in [0.15, 0.2) is 0 Å². The molecule has 86 valence electrons. The molecule has 0 spiro atoms. The van der Waals surface area contributed by atoms with E-state index < -0.39 is 0 Å². The number of likely N-dealkylation sites (N-methyl/N-ethyl adjacent to an activating group) is 1. The van der Waals surface area contributed by atoms with Crippen molar-refractivity contribution in [2.45, 2.75) is 0 Å². The number of hydrogen-bond acceptors (Lipinski definition) is 5. The summed E-state index contributed by atoms with van der Waals surface area (Å²) in [6, 6.07) is 0. The van der Waals surface area contributed by atoms with Crippen LogP contribution in [0.3, 0.4) is 0 Å². The van der Waals surface area contributed by atoms with Gasteiger partial charge in [0.25, 0.3) is 0 Å². The van der Waals surface area contributed by atoms with Crippen molar-refractivity contribution in [3.05, 3.63) is 0 Å². The minimum atomic E-state index is 0.0750. The van der Waals surface area contributed by atoms with E-state index >= 15 is 0 Å². The Kier molecular flexibility index (Phi) is 12.6. The largest absolute Gasteiger partial charge is 0.394 e. The van der Waals surface area contributed by atoms with Crippen LogP contribution >= 0.6 is 0 Å². The molecular formula is C9H22N2O3. The third-order valence-electron chi connectivity index (χ3n) is 1.58. The second-order valence-electron chi connectivity index (χ2n) is 2.80. The van der Waals surface area contributed by atoms with Crippen molar-refractivity contribution < 1.29 is 14.6 Å². The summed E-state index contributed by atoms with van der Waals surface area (Å²) in [5.74, 6) is 0. The second-order valence-corrected chi connectivity index (χ2v) is 2.80. The summed E-state index contributed by atoms with van der Waals surface area (Å²) in [6.45, 7) is 5.11. The van der Waals surface area contributed by atoms with Crippen molar-refractivity contribution in [3.8, 4) is 0 Å². The molecule has 0 aliphatic rings. The average molecular weight is 206 g/mol. The number of rotatable bonds is 11. The standard InChI is InChI=1S/C9H22N2O3/c1-10-2-3-11-4-6-13-8-9-14-7-5-12/h10-12H,2-9H2,1H3. The topological polar surface area (TPSA) is 62.8 Å². The summed E-state index contributed by atoms with van der Waals surface area (Å²) in [5, 5.41) is 14.7. The zero-order valence-corrected chi connectivity index (χ0v) is 8.92. The third kappa shape index (κ3) is 11.8. The van der Waals surface area contributed by atoms with E-state index in [1.54, 1.807) is 0 Å². The van der Waals surface area contributed by atoms with Crippen molar-refractivity contribution in [2.24, 2.45) is 0 Å². The normalized spacial score (nSPS) is 10.7. The van der Waals surface area contributed by atoms with Gasteiger partial charge >= 0.3 is 0 Å². The van der Waals surface area contributed by atoms with Gasteiger partial charge in [-0.05, 0) is 7.05 Å². The lowest BCUT2D eigenvalue weighted by Gasteiger charge is -2.06. The smallest absolute Gasteiger partial charge is 0.0701 e. The summed E-state index contributed by atoms with van der Waals surface area (Å²) in [4.78, 5) is 0. The molecule has 0 aromatic rings. The van der Waals surface area contributed by atoms with Gasteiger partial charge in [-0.25, -0.2) is 0 Å². The maximum absolute atomic E-state index is 8.41. The van der Waals surface area contributed by atoms with Crippen LogP contribution < -0.4 is 10.6 Å². The van der Waals surface area contributed by atoms with Crippen LogP contribution in [0.5, 0.6) is 0 Å². The van der Waals surface area contributed by atoms with Crippen LogP contribution in [0.1, 0.15) is 0 Å². The zero-order valence-electron chi connectivity index (χ0n) is 8.92. The minimum Gasteiger partial charge on any atom is -0.394 e. The maximum Gasteiger partial charge on any atom is 0.0701 e. The number of nitrogens with one attached hydrogen (secondary N) is 2. The zero-order chi connectivity index (χ0) is 10.5. The Morgan fingerprint density at radius 3 is 2.29 bits per heavy atom. The first-order valence-corrected chi connectivity index (χ1v) is 5.03. The molecule has 14 heavy (non-hydrogen) atoms. The van der Waals surface area contributed by atoms with Gasteiger partial charge in [-0.1, -0.05) is 0 Å². The fraction of sp³-hybridized carbons (Fsp3) is 1.00. The Bertz CT molecular complexity index is 92.1. The van der Waals surface area contributed by atoms with E-state index in [0.29, 0.717) is 26.4 Å². The van der Waals surface area contributed by atoms with Gasteiger partial charge in [0, 0.05) is 19.6 Å². The highest BCUT2D eigenvalue weighted by Crippen LogP contribution is 1.77. The first kappa shape index (κ1) is 13.8. The predicted octanol–water partition coefficient (Wildman–Crippen LogP) is -1.18. The molecule has 0 atom stereocenters. The molecule has 0 saturated heterocycles. The summed E-state index contributed by atoms with van der Waals surface area (Å²) in [5.41, 5.74) is 0. The molecule has 0 bridgehead atoms. The van der Waals surface area contributed by atoms with Crippen LogP contribution in [0.15, 0.2) is 0 Å². The Morgan fingerprint density at radius 2 is 1.64 bits per heavy atom. The van der Waals surface area contributed by atoms with Crippen LogP contribution in [-0.2, 0) is 9.47 Å². The molecule has 5 nitrogen and oxygen atoms in total. The Balaban J connectivity index is 2.78. The van der Waals surface area contributed by atoms with Crippen molar-refractivity contribution >= 4 is 0 Å². The fourth-order valence-electron chi connectivity index (χ4n) is 0.869. The summed E-state index contributed by atoms with van der Waals surface area (Å²) in [6.07, 6.45) is 0. The van der Waals surface area contributed by atoms with Crippen LogP contribution in [0.2, 0.25) is 0 Å². The third-order valence-corrected chi connectivity index (χ3v) is 1.58. The van der Waals surface area contributed by atoms with Gasteiger partial charge in [-0.3, -0.25) is 0 Å². The van der Waals surface area contributed by atoms with Gasteiger partial charge < -0.3 is 25.2 Å². The van der Waals surface area contributed by atoms with Crippen LogP contribution in [0.4, 0.5) is 0 Å². The van der Waals surface area contributed by atoms with E-state index in [0.717, 1.165) is 19.6 Å². The lowest BCUT2D eigenvalue weighted by Crippen LogP contribution is -2.28. The van der Waals surface area contributed by atoms with Crippen molar-refractivity contribution in [1.29, 1.82) is 0 Å². The van der Waals surface area contributed by atoms with Gasteiger partial charge in [0.05, 0.1) is 33.0 Å². The van der Waals surface area contributed by atoms with E-state index in [9.17, 15) is 0 Å². The lowest BCUT2D eigenvalue weighted by atomic mass is 10.6. The van der Waals surface area contributed by atoms with E-state index in [-0.39, 0.29) is 6.61 Å². The summed E-state index contributed by atoms with van der Waals surface area (Å²) < 4.78 is 10.3. The minimum absolute atomic E-state index is 0.0750. The highest BCUT2D eigenvalue weighted by Gasteiger charge is 1.89. The Morgan fingerprint density at radius 1 is 0.929 bits per heavy atom. The molecule has 0 saturated carbocycles. The summed E-state index contributed by atoms with van der Waals surface area (Å²) >= 11 is 0. The van der Waals surface area contributed by atoms with Crippen molar-refractivity contribution in [3.63, 3.8) is 0 Å². The molecule has 0 fully saturated rings. The monoisotopic (exact) mass is 206 g/mol. The first-order chi connectivity index (χ1) is 6.91. The van der Waals surface area contributed by atoms with Crippen LogP contribution in [-0.4, -0.2) is 64.8 Å². The van der Waals surface area contributed by atoms with E-state index in [2.05, 4.69) is 10.6 Å². The summed E-state index contributed by atoms with van der Waals surface area (Å²) in [7, 11) is 1.93.